The molecule has 1 aliphatic heterocycles. The molecule has 2 N–H and O–H groups in total. The first kappa shape index (κ1) is 10.4. The molecule has 0 saturated carbocycles. The van der Waals surface area contributed by atoms with Crippen molar-refractivity contribution >= 4 is 5.82 Å². The van der Waals surface area contributed by atoms with Gasteiger partial charge in [-0.25, -0.2) is 4.98 Å². The number of nitrogens with zero attached hydrogens (tertiary/aromatic N) is 2. The van der Waals surface area contributed by atoms with Crippen LogP contribution in [-0.2, 0) is 11.2 Å². The Kier molecular flexibility index (Phi) is 3.53. The summed E-state index contributed by atoms with van der Waals surface area (Å²) < 4.78 is 5.30. The van der Waals surface area contributed by atoms with Crippen LogP contribution >= 0.6 is 0 Å². The van der Waals surface area contributed by atoms with Gasteiger partial charge in [0, 0.05) is 19.3 Å². The van der Waals surface area contributed by atoms with E-state index in [-0.39, 0.29) is 0 Å². The van der Waals surface area contributed by atoms with Gasteiger partial charge in [0.25, 0.3) is 0 Å². The molecule has 0 aliphatic carbocycles. The van der Waals surface area contributed by atoms with Gasteiger partial charge in [0.2, 0.25) is 0 Å². The van der Waals surface area contributed by atoms with Crippen molar-refractivity contribution in [2.24, 2.45) is 5.73 Å². The molecule has 0 atom stereocenters. The van der Waals surface area contributed by atoms with Crippen LogP contribution in [0.25, 0.3) is 0 Å². The smallest absolute Gasteiger partial charge is 0.128 e. The predicted molar refractivity (Wildman–Crippen MR) is 60.0 cm³/mol. The molecule has 4 nitrogen and oxygen atoms in total. The van der Waals surface area contributed by atoms with Gasteiger partial charge in [0.1, 0.15) is 5.82 Å². The lowest BCUT2D eigenvalue weighted by atomic mass is 10.2. The molecule has 0 spiro atoms. The first-order chi connectivity index (χ1) is 7.40. The van der Waals surface area contributed by atoms with Crippen molar-refractivity contribution in [2.45, 2.75) is 6.42 Å². The third-order valence-electron chi connectivity index (χ3n) is 2.58. The number of nitrogens with two attached hydrogens (primary N) is 1. The van der Waals surface area contributed by atoms with Crippen LogP contribution in [-0.4, -0.2) is 37.8 Å². The Morgan fingerprint density at radius 1 is 1.33 bits per heavy atom. The summed E-state index contributed by atoms with van der Waals surface area (Å²) in [6.07, 6.45) is 2.81. The van der Waals surface area contributed by atoms with Crippen molar-refractivity contribution in [2.75, 3.05) is 37.7 Å². The SMILES string of the molecule is NCCc1ccc(N2CCOCC2)nc1. The Bertz CT molecular complexity index is 293. The molecule has 0 radical (unpaired) electrons. The van der Waals surface area contributed by atoms with Crippen molar-refractivity contribution < 1.29 is 4.74 Å². The van der Waals surface area contributed by atoms with Gasteiger partial charge >= 0.3 is 0 Å². The van der Waals surface area contributed by atoms with Gasteiger partial charge in [-0.1, -0.05) is 6.07 Å². The Balaban J connectivity index is 2.02. The van der Waals surface area contributed by atoms with Crippen LogP contribution in [0.2, 0.25) is 0 Å². The molecule has 2 heterocycles. The molecule has 0 unspecified atom stereocenters. The maximum Gasteiger partial charge on any atom is 0.128 e. The first-order valence-electron chi connectivity index (χ1n) is 5.38. The zero-order valence-corrected chi connectivity index (χ0v) is 8.85. The summed E-state index contributed by atoms with van der Waals surface area (Å²) in [6.45, 7) is 4.14. The lowest BCUT2D eigenvalue weighted by molar-refractivity contribution is 0.122. The first-order valence-corrected chi connectivity index (χ1v) is 5.38. The Hall–Kier alpha value is -1.13. The van der Waals surface area contributed by atoms with Gasteiger partial charge in [0.05, 0.1) is 13.2 Å². The number of rotatable bonds is 3. The van der Waals surface area contributed by atoms with Crippen molar-refractivity contribution in [1.82, 2.24) is 4.98 Å². The van der Waals surface area contributed by atoms with Gasteiger partial charge in [-0.2, -0.15) is 0 Å². The van der Waals surface area contributed by atoms with Crippen molar-refractivity contribution in [1.29, 1.82) is 0 Å². The second-order valence-corrected chi connectivity index (χ2v) is 3.66. The number of hydrogen-bond acceptors (Lipinski definition) is 4. The molecular formula is C11H17N3O. The summed E-state index contributed by atoms with van der Waals surface area (Å²) in [5.74, 6) is 1.04. The van der Waals surface area contributed by atoms with Crippen molar-refractivity contribution in [3.8, 4) is 0 Å². The highest BCUT2D eigenvalue weighted by molar-refractivity contribution is 5.39. The van der Waals surface area contributed by atoms with E-state index in [1.54, 1.807) is 0 Å². The van der Waals surface area contributed by atoms with Crippen LogP contribution in [0, 0.1) is 0 Å². The normalized spacial score (nSPS) is 16.7. The zero-order chi connectivity index (χ0) is 10.5. The third kappa shape index (κ3) is 2.67. The number of morpholine rings is 1. The number of anilines is 1. The average molecular weight is 207 g/mol. The Labute approximate surface area is 90.0 Å². The van der Waals surface area contributed by atoms with Crippen LogP contribution in [0.15, 0.2) is 18.3 Å². The molecule has 4 heteroatoms. The summed E-state index contributed by atoms with van der Waals surface area (Å²) >= 11 is 0. The number of pyridine rings is 1. The number of aromatic nitrogens is 1. The summed E-state index contributed by atoms with van der Waals surface area (Å²) in [6, 6.07) is 4.17. The van der Waals surface area contributed by atoms with Gasteiger partial charge in [-0.3, -0.25) is 0 Å². The quantitative estimate of drug-likeness (QED) is 0.780. The molecule has 0 amide bonds. The van der Waals surface area contributed by atoms with E-state index in [1.165, 1.54) is 5.56 Å². The minimum absolute atomic E-state index is 0.679. The molecule has 82 valence electrons. The number of ether oxygens (including phenoxy) is 1. The molecule has 0 aromatic carbocycles. The fraction of sp³-hybridized carbons (Fsp3) is 0.545. The van der Waals surface area contributed by atoms with Crippen LogP contribution in [0.5, 0.6) is 0 Å². The van der Waals surface area contributed by atoms with E-state index in [4.69, 9.17) is 10.5 Å². The van der Waals surface area contributed by atoms with Crippen LogP contribution < -0.4 is 10.6 Å². The topological polar surface area (TPSA) is 51.4 Å². The molecule has 2 rings (SSSR count). The van der Waals surface area contributed by atoms with E-state index in [9.17, 15) is 0 Å². The standard InChI is InChI=1S/C11H17N3O/c12-4-3-10-1-2-11(13-9-10)14-5-7-15-8-6-14/h1-2,9H,3-8,12H2. The average Bonchev–Trinajstić information content (AvgIpc) is 2.32. The van der Waals surface area contributed by atoms with Gasteiger partial charge in [0.15, 0.2) is 0 Å². The maximum absolute atomic E-state index is 5.49. The molecule has 15 heavy (non-hydrogen) atoms. The van der Waals surface area contributed by atoms with E-state index >= 15 is 0 Å². The molecule has 1 aromatic rings. The molecule has 0 bridgehead atoms. The zero-order valence-electron chi connectivity index (χ0n) is 8.85. The van der Waals surface area contributed by atoms with Crippen molar-refractivity contribution in [3.63, 3.8) is 0 Å². The maximum atomic E-state index is 5.49. The summed E-state index contributed by atoms with van der Waals surface area (Å²) in [4.78, 5) is 6.68. The largest absolute Gasteiger partial charge is 0.378 e. The predicted octanol–water partition coefficient (Wildman–Crippen LogP) is 0.419. The molecule has 1 fully saturated rings. The summed E-state index contributed by atoms with van der Waals surface area (Å²) in [7, 11) is 0. The third-order valence-corrected chi connectivity index (χ3v) is 2.58. The minimum Gasteiger partial charge on any atom is -0.378 e. The van der Waals surface area contributed by atoms with Crippen LogP contribution in [0.1, 0.15) is 5.56 Å². The van der Waals surface area contributed by atoms with E-state index < -0.39 is 0 Å². The lowest BCUT2D eigenvalue weighted by Gasteiger charge is -2.27. The molecule has 1 aliphatic rings. The van der Waals surface area contributed by atoms with Crippen LogP contribution in [0.4, 0.5) is 5.82 Å². The van der Waals surface area contributed by atoms with Crippen molar-refractivity contribution in [3.05, 3.63) is 23.9 Å². The monoisotopic (exact) mass is 207 g/mol. The Morgan fingerprint density at radius 2 is 2.13 bits per heavy atom. The van der Waals surface area contributed by atoms with Gasteiger partial charge in [-0.05, 0) is 24.6 Å². The minimum atomic E-state index is 0.679. The fourth-order valence-electron chi connectivity index (χ4n) is 1.71. The highest BCUT2D eigenvalue weighted by Crippen LogP contribution is 2.12. The highest BCUT2D eigenvalue weighted by atomic mass is 16.5. The number of hydrogen-bond donors (Lipinski definition) is 1. The summed E-state index contributed by atoms with van der Waals surface area (Å²) in [5.41, 5.74) is 6.69. The van der Waals surface area contributed by atoms with Gasteiger partial charge < -0.3 is 15.4 Å². The van der Waals surface area contributed by atoms with Crippen LogP contribution in [0.3, 0.4) is 0 Å². The van der Waals surface area contributed by atoms with E-state index in [2.05, 4.69) is 22.0 Å². The van der Waals surface area contributed by atoms with E-state index in [0.29, 0.717) is 6.54 Å². The highest BCUT2D eigenvalue weighted by Gasteiger charge is 2.11. The molecule has 1 saturated heterocycles. The lowest BCUT2D eigenvalue weighted by Crippen LogP contribution is -2.36. The molecular weight excluding hydrogens is 190 g/mol. The second kappa shape index (κ2) is 5.09. The molecule has 1 aromatic heterocycles. The second-order valence-electron chi connectivity index (χ2n) is 3.66. The van der Waals surface area contributed by atoms with Gasteiger partial charge in [-0.15, -0.1) is 0 Å². The van der Waals surface area contributed by atoms with E-state index in [1.807, 2.05) is 6.20 Å². The van der Waals surface area contributed by atoms with E-state index in [0.717, 1.165) is 38.5 Å². The summed E-state index contributed by atoms with van der Waals surface area (Å²) in [5, 5.41) is 0. The Morgan fingerprint density at radius 3 is 2.73 bits per heavy atom. The fourth-order valence-corrected chi connectivity index (χ4v) is 1.71.